The quantitative estimate of drug-likeness (QED) is 0.791. The number of nitrogens with zero attached hydrogens (tertiary/aromatic N) is 1. The van der Waals surface area contributed by atoms with Gasteiger partial charge in [0.15, 0.2) is 0 Å². The number of anilines is 1. The number of hydrogen-bond acceptors (Lipinski definition) is 2. The second-order valence-electron chi connectivity index (χ2n) is 5.80. The van der Waals surface area contributed by atoms with Crippen molar-refractivity contribution in [3.05, 3.63) is 99.7 Å². The SMILES string of the molecule is Cc1cccc(NC(=O)c2cccn(Cc3ccc(F)cc3)c2=O)c1. The summed E-state index contributed by atoms with van der Waals surface area (Å²) in [6.07, 6.45) is 1.61. The van der Waals surface area contributed by atoms with E-state index in [4.69, 9.17) is 0 Å². The fourth-order valence-electron chi connectivity index (χ4n) is 2.54. The number of hydrogen-bond donors (Lipinski definition) is 1. The largest absolute Gasteiger partial charge is 0.322 e. The van der Waals surface area contributed by atoms with E-state index in [0.717, 1.165) is 11.1 Å². The first-order valence-corrected chi connectivity index (χ1v) is 7.85. The maximum atomic E-state index is 13.0. The molecule has 0 saturated carbocycles. The van der Waals surface area contributed by atoms with E-state index in [1.807, 2.05) is 25.1 Å². The van der Waals surface area contributed by atoms with Crippen LogP contribution in [0.25, 0.3) is 0 Å². The summed E-state index contributed by atoms with van der Waals surface area (Å²) >= 11 is 0. The maximum Gasteiger partial charge on any atom is 0.263 e. The molecule has 0 fully saturated rings. The molecule has 0 aliphatic carbocycles. The summed E-state index contributed by atoms with van der Waals surface area (Å²) in [5.41, 5.74) is 2.10. The van der Waals surface area contributed by atoms with Crippen molar-refractivity contribution in [1.82, 2.24) is 4.57 Å². The Bertz CT molecular complexity index is 962. The minimum Gasteiger partial charge on any atom is -0.322 e. The van der Waals surface area contributed by atoms with Gasteiger partial charge in [-0.1, -0.05) is 24.3 Å². The zero-order chi connectivity index (χ0) is 17.8. The van der Waals surface area contributed by atoms with Crippen molar-refractivity contribution < 1.29 is 9.18 Å². The molecule has 0 aliphatic heterocycles. The van der Waals surface area contributed by atoms with Gasteiger partial charge in [-0.15, -0.1) is 0 Å². The second kappa shape index (κ2) is 7.13. The molecule has 0 bridgehead atoms. The molecule has 0 aliphatic rings. The molecule has 126 valence electrons. The van der Waals surface area contributed by atoms with Crippen LogP contribution >= 0.6 is 0 Å². The topological polar surface area (TPSA) is 51.1 Å². The van der Waals surface area contributed by atoms with Gasteiger partial charge in [0.25, 0.3) is 11.5 Å². The van der Waals surface area contributed by atoms with Crippen LogP contribution in [0.15, 0.2) is 71.7 Å². The number of aryl methyl sites for hydroxylation is 1. The summed E-state index contributed by atoms with van der Waals surface area (Å²) in [6.45, 7) is 2.19. The van der Waals surface area contributed by atoms with Gasteiger partial charge in [0.05, 0.1) is 6.54 Å². The Labute approximate surface area is 144 Å². The van der Waals surface area contributed by atoms with E-state index >= 15 is 0 Å². The van der Waals surface area contributed by atoms with Crippen LogP contribution in [-0.4, -0.2) is 10.5 Å². The van der Waals surface area contributed by atoms with E-state index in [1.165, 1.54) is 22.8 Å². The number of nitrogens with one attached hydrogen (secondary N) is 1. The van der Waals surface area contributed by atoms with Gasteiger partial charge >= 0.3 is 0 Å². The lowest BCUT2D eigenvalue weighted by Crippen LogP contribution is -2.29. The van der Waals surface area contributed by atoms with Crippen LogP contribution in [0.3, 0.4) is 0 Å². The van der Waals surface area contributed by atoms with Crippen molar-refractivity contribution in [2.75, 3.05) is 5.32 Å². The van der Waals surface area contributed by atoms with E-state index in [2.05, 4.69) is 5.32 Å². The van der Waals surface area contributed by atoms with Crippen LogP contribution < -0.4 is 10.9 Å². The van der Waals surface area contributed by atoms with Crippen molar-refractivity contribution in [2.45, 2.75) is 13.5 Å². The van der Waals surface area contributed by atoms with Gasteiger partial charge in [-0.3, -0.25) is 9.59 Å². The Morgan fingerprint density at radius 3 is 2.56 bits per heavy atom. The number of halogens is 1. The normalized spacial score (nSPS) is 10.5. The number of rotatable bonds is 4. The zero-order valence-electron chi connectivity index (χ0n) is 13.7. The van der Waals surface area contributed by atoms with Crippen LogP contribution in [0, 0.1) is 12.7 Å². The molecule has 3 aromatic rings. The molecule has 4 nitrogen and oxygen atoms in total. The summed E-state index contributed by atoms with van der Waals surface area (Å²) in [7, 11) is 0. The van der Waals surface area contributed by atoms with Crippen LogP contribution in [0.4, 0.5) is 10.1 Å². The van der Waals surface area contributed by atoms with E-state index in [9.17, 15) is 14.0 Å². The predicted molar refractivity (Wildman–Crippen MR) is 95.3 cm³/mol. The van der Waals surface area contributed by atoms with Crippen molar-refractivity contribution in [1.29, 1.82) is 0 Å². The molecule has 1 aromatic heterocycles. The highest BCUT2D eigenvalue weighted by atomic mass is 19.1. The molecule has 1 N–H and O–H groups in total. The van der Waals surface area contributed by atoms with Gasteiger partial charge < -0.3 is 9.88 Å². The summed E-state index contributed by atoms with van der Waals surface area (Å²) in [5.74, 6) is -0.786. The molecule has 0 atom stereocenters. The lowest BCUT2D eigenvalue weighted by atomic mass is 10.2. The Morgan fingerprint density at radius 2 is 1.84 bits per heavy atom. The lowest BCUT2D eigenvalue weighted by molar-refractivity contribution is 0.102. The molecule has 25 heavy (non-hydrogen) atoms. The minimum absolute atomic E-state index is 0.0612. The smallest absolute Gasteiger partial charge is 0.263 e. The number of benzene rings is 2. The molecule has 0 saturated heterocycles. The molecule has 2 aromatic carbocycles. The first kappa shape index (κ1) is 16.6. The van der Waals surface area contributed by atoms with Crippen LogP contribution in [0.1, 0.15) is 21.5 Å². The van der Waals surface area contributed by atoms with E-state index in [1.54, 1.807) is 30.5 Å². The van der Waals surface area contributed by atoms with E-state index < -0.39 is 11.5 Å². The first-order valence-electron chi connectivity index (χ1n) is 7.85. The summed E-state index contributed by atoms with van der Waals surface area (Å²) in [6, 6.07) is 16.4. The third-order valence-electron chi connectivity index (χ3n) is 3.81. The number of carbonyl (C=O) groups excluding carboxylic acids is 1. The highest BCUT2D eigenvalue weighted by molar-refractivity contribution is 6.04. The highest BCUT2D eigenvalue weighted by Gasteiger charge is 2.12. The first-order chi connectivity index (χ1) is 12.0. The average Bonchev–Trinajstić information content (AvgIpc) is 2.58. The lowest BCUT2D eigenvalue weighted by Gasteiger charge is -2.09. The van der Waals surface area contributed by atoms with Gasteiger partial charge in [-0.05, 0) is 54.4 Å². The highest BCUT2D eigenvalue weighted by Crippen LogP contribution is 2.11. The Morgan fingerprint density at radius 1 is 1.08 bits per heavy atom. The Hall–Kier alpha value is -3.21. The molecular formula is C20H17FN2O2. The van der Waals surface area contributed by atoms with Crippen LogP contribution in [0.5, 0.6) is 0 Å². The average molecular weight is 336 g/mol. The fraction of sp³-hybridized carbons (Fsp3) is 0.100. The van der Waals surface area contributed by atoms with Gasteiger partial charge in [-0.2, -0.15) is 0 Å². The molecule has 1 amide bonds. The number of aromatic nitrogens is 1. The molecule has 0 radical (unpaired) electrons. The third kappa shape index (κ3) is 4.01. The van der Waals surface area contributed by atoms with Crippen LogP contribution in [-0.2, 0) is 6.54 Å². The number of amides is 1. The summed E-state index contributed by atoms with van der Waals surface area (Å²) in [4.78, 5) is 25.0. The van der Waals surface area contributed by atoms with Crippen LogP contribution in [0.2, 0.25) is 0 Å². The van der Waals surface area contributed by atoms with Crippen molar-refractivity contribution in [3.8, 4) is 0 Å². The van der Waals surface area contributed by atoms with Crippen molar-refractivity contribution in [2.24, 2.45) is 0 Å². The second-order valence-corrected chi connectivity index (χ2v) is 5.80. The molecule has 0 spiro atoms. The summed E-state index contributed by atoms with van der Waals surface area (Å²) < 4.78 is 14.4. The molecule has 5 heteroatoms. The van der Waals surface area contributed by atoms with E-state index in [0.29, 0.717) is 5.69 Å². The zero-order valence-corrected chi connectivity index (χ0v) is 13.7. The van der Waals surface area contributed by atoms with Crippen molar-refractivity contribution in [3.63, 3.8) is 0 Å². The van der Waals surface area contributed by atoms with Crippen molar-refractivity contribution >= 4 is 11.6 Å². The fourth-order valence-corrected chi connectivity index (χ4v) is 2.54. The number of pyridine rings is 1. The Kier molecular flexibility index (Phi) is 4.75. The molecule has 0 unspecified atom stereocenters. The molecule has 3 rings (SSSR count). The van der Waals surface area contributed by atoms with Gasteiger partial charge in [0.2, 0.25) is 0 Å². The van der Waals surface area contributed by atoms with E-state index in [-0.39, 0.29) is 17.9 Å². The van der Waals surface area contributed by atoms with Gasteiger partial charge in [0.1, 0.15) is 11.4 Å². The predicted octanol–water partition coefficient (Wildman–Crippen LogP) is 3.60. The molecule has 1 heterocycles. The minimum atomic E-state index is -0.455. The summed E-state index contributed by atoms with van der Waals surface area (Å²) in [5, 5.41) is 2.74. The number of carbonyl (C=O) groups is 1. The van der Waals surface area contributed by atoms with Gasteiger partial charge in [0, 0.05) is 11.9 Å². The monoisotopic (exact) mass is 336 g/mol. The van der Waals surface area contributed by atoms with Gasteiger partial charge in [-0.25, -0.2) is 4.39 Å². The maximum absolute atomic E-state index is 13.0. The molecular weight excluding hydrogens is 319 g/mol. The standard InChI is InChI=1S/C20H17FN2O2/c1-14-4-2-5-17(12-14)22-19(24)18-6-3-11-23(20(18)25)13-15-7-9-16(21)10-8-15/h2-12H,13H2,1H3,(H,22,24). The third-order valence-corrected chi connectivity index (χ3v) is 3.81. The Balaban J connectivity index is 1.84.